The van der Waals surface area contributed by atoms with E-state index < -0.39 is 53.8 Å². The molecular formula is C22H27F3N8O5. The number of aliphatic hydroxyl groups excluding tert-OH is 1. The van der Waals surface area contributed by atoms with Gasteiger partial charge in [0.25, 0.3) is 5.91 Å². The fraction of sp³-hybridized carbons (Fsp3) is 0.545. The molecule has 4 saturated heterocycles. The van der Waals surface area contributed by atoms with Crippen LogP contribution in [0.3, 0.4) is 0 Å². The summed E-state index contributed by atoms with van der Waals surface area (Å²) in [7, 11) is 1.18. The summed E-state index contributed by atoms with van der Waals surface area (Å²) in [5, 5.41) is 31.6. The third-order valence-corrected chi connectivity index (χ3v) is 7.45. The van der Waals surface area contributed by atoms with E-state index in [-0.39, 0.29) is 55.0 Å². The molecule has 3 amide bonds. The number of ether oxygens (including phenoxy) is 1. The number of carbonyl (C=O) groups excluding carboxylic acids is 3. The molecule has 6 atom stereocenters. The van der Waals surface area contributed by atoms with E-state index >= 15 is 0 Å². The summed E-state index contributed by atoms with van der Waals surface area (Å²) in [6.45, 7) is -0.156. The first kappa shape index (κ1) is 26.1. The van der Waals surface area contributed by atoms with Crippen LogP contribution in [0.1, 0.15) is 28.8 Å². The number of methoxy groups -OCH3 is 1. The van der Waals surface area contributed by atoms with Crippen molar-refractivity contribution in [1.29, 1.82) is 5.41 Å². The summed E-state index contributed by atoms with van der Waals surface area (Å²) in [4.78, 5) is 40.0. The number of hydrogen-bond donors (Lipinski definition) is 7. The first-order chi connectivity index (χ1) is 17.8. The number of imide groups is 1. The molecule has 4 aliphatic rings. The number of nitrogens with zero attached hydrogens (tertiary/aromatic N) is 2. The van der Waals surface area contributed by atoms with Gasteiger partial charge in [0, 0.05) is 24.9 Å². The fourth-order valence-electron chi connectivity index (χ4n) is 5.73. The zero-order valence-corrected chi connectivity index (χ0v) is 20.1. The maximum atomic E-state index is 13.3. The van der Waals surface area contributed by atoms with Gasteiger partial charge in [0.15, 0.2) is 5.96 Å². The molecule has 16 heteroatoms. The molecule has 206 valence electrons. The van der Waals surface area contributed by atoms with Crippen molar-refractivity contribution in [2.24, 2.45) is 5.73 Å². The number of likely N-dealkylation sites (tertiary alicyclic amines) is 1. The first-order valence-corrected chi connectivity index (χ1v) is 11.9. The zero-order valence-electron chi connectivity index (χ0n) is 20.1. The number of carbonyl (C=O) groups is 3. The normalized spacial score (nSPS) is 32.8. The van der Waals surface area contributed by atoms with Crippen LogP contribution in [0.25, 0.3) is 0 Å². The molecule has 38 heavy (non-hydrogen) atoms. The fourth-order valence-corrected chi connectivity index (χ4v) is 5.73. The Balaban J connectivity index is 1.41. The van der Waals surface area contributed by atoms with E-state index in [4.69, 9.17) is 15.9 Å². The molecule has 0 saturated carbocycles. The maximum Gasteiger partial charge on any atom is 0.416 e. The number of guanidine groups is 1. The zero-order chi connectivity index (χ0) is 27.6. The van der Waals surface area contributed by atoms with Crippen LogP contribution < -0.4 is 31.7 Å². The average molecular weight is 541 g/mol. The largest absolute Gasteiger partial charge is 0.497 e. The Morgan fingerprint density at radius 2 is 1.97 bits per heavy atom. The molecule has 4 unspecified atom stereocenters. The van der Waals surface area contributed by atoms with Gasteiger partial charge in [-0.15, -0.1) is 0 Å². The summed E-state index contributed by atoms with van der Waals surface area (Å²) in [6.07, 6.45) is -6.77. The second-order valence-electron chi connectivity index (χ2n) is 9.67. The Morgan fingerprint density at radius 1 is 1.29 bits per heavy atom. The molecule has 4 aliphatic heterocycles. The van der Waals surface area contributed by atoms with Crippen LogP contribution in [0.15, 0.2) is 18.2 Å². The van der Waals surface area contributed by atoms with Crippen LogP contribution in [0.2, 0.25) is 0 Å². The third-order valence-electron chi connectivity index (χ3n) is 7.45. The van der Waals surface area contributed by atoms with Gasteiger partial charge in [-0.05, 0) is 18.2 Å². The summed E-state index contributed by atoms with van der Waals surface area (Å²) in [5.74, 6) is -1.89. The van der Waals surface area contributed by atoms with Crippen molar-refractivity contribution >= 4 is 23.7 Å². The molecule has 0 aromatic heterocycles. The molecule has 4 heterocycles. The van der Waals surface area contributed by atoms with E-state index in [0.717, 1.165) is 17.0 Å². The lowest BCUT2D eigenvalue weighted by molar-refractivity contribution is -0.139. The second-order valence-corrected chi connectivity index (χ2v) is 9.67. The predicted molar refractivity (Wildman–Crippen MR) is 123 cm³/mol. The minimum atomic E-state index is -4.72. The van der Waals surface area contributed by atoms with E-state index in [0.29, 0.717) is 6.07 Å². The predicted octanol–water partition coefficient (Wildman–Crippen LogP) is -1.96. The number of nitrogens with two attached hydrogens (primary N) is 1. The Kier molecular flexibility index (Phi) is 6.24. The molecule has 0 aliphatic carbocycles. The van der Waals surface area contributed by atoms with Crippen LogP contribution in [-0.2, 0) is 15.8 Å². The van der Waals surface area contributed by atoms with E-state index in [2.05, 4.69) is 21.3 Å². The molecule has 13 nitrogen and oxygen atoms in total. The van der Waals surface area contributed by atoms with Crippen LogP contribution in [0.4, 0.5) is 13.2 Å². The Labute approximate surface area is 214 Å². The maximum absolute atomic E-state index is 13.3. The number of nitrogens with one attached hydrogen (secondary N) is 5. The van der Waals surface area contributed by atoms with Crippen LogP contribution in [0.5, 0.6) is 5.75 Å². The van der Waals surface area contributed by atoms with Crippen molar-refractivity contribution in [3.63, 3.8) is 0 Å². The Morgan fingerprint density at radius 3 is 2.61 bits per heavy atom. The van der Waals surface area contributed by atoms with E-state index in [1.54, 1.807) is 0 Å². The van der Waals surface area contributed by atoms with Gasteiger partial charge < -0.3 is 31.1 Å². The van der Waals surface area contributed by atoms with Gasteiger partial charge in [-0.1, -0.05) is 0 Å². The molecule has 1 aromatic carbocycles. The molecule has 8 N–H and O–H groups in total. The Bertz CT molecular complexity index is 1180. The smallest absolute Gasteiger partial charge is 0.416 e. The number of amides is 3. The third kappa shape index (κ3) is 4.13. The molecule has 5 rings (SSSR count). The van der Waals surface area contributed by atoms with Crippen molar-refractivity contribution in [2.45, 2.75) is 55.2 Å². The van der Waals surface area contributed by atoms with Gasteiger partial charge >= 0.3 is 6.18 Å². The summed E-state index contributed by atoms with van der Waals surface area (Å²) >= 11 is 0. The molecule has 1 aromatic rings. The summed E-state index contributed by atoms with van der Waals surface area (Å²) < 4.78 is 44.9. The highest BCUT2D eigenvalue weighted by Crippen LogP contribution is 2.39. The monoisotopic (exact) mass is 540 g/mol. The topological polar surface area (TPSA) is 185 Å². The standard InChI is InChI=1S/C22H27F3N8O5/c1-38-11-5-9(4-10(6-11)22(23,24)25)18(37)28-13-8-33-20(27)29-12(7-32-14(34)2-3-15(32)35)16-21(33,17(13)36)31-19(26)30-16/h4-6,12-13,16-17,19,30-31,36H,2-3,7-8,26H2,1H3,(H2,27,29)(H,28,37)/t12-,13?,16?,17+,19?,21?/m0/s1. The lowest BCUT2D eigenvalue weighted by Crippen LogP contribution is -2.78. The van der Waals surface area contributed by atoms with Crippen molar-refractivity contribution in [3.05, 3.63) is 29.3 Å². The molecule has 0 radical (unpaired) electrons. The van der Waals surface area contributed by atoms with Crippen LogP contribution in [0, 0.1) is 5.41 Å². The number of rotatable bonds is 5. The lowest BCUT2D eigenvalue weighted by Gasteiger charge is -2.50. The van der Waals surface area contributed by atoms with Crippen LogP contribution in [-0.4, -0.2) is 95.0 Å². The second kappa shape index (κ2) is 9.07. The van der Waals surface area contributed by atoms with Gasteiger partial charge in [-0.2, -0.15) is 13.2 Å². The van der Waals surface area contributed by atoms with Gasteiger partial charge in [0.05, 0.1) is 37.3 Å². The lowest BCUT2D eigenvalue weighted by atomic mass is 9.87. The minimum Gasteiger partial charge on any atom is -0.497 e. The molecular weight excluding hydrogens is 513 g/mol. The highest BCUT2D eigenvalue weighted by molar-refractivity contribution is 6.02. The van der Waals surface area contributed by atoms with Gasteiger partial charge in [-0.3, -0.25) is 35.3 Å². The summed E-state index contributed by atoms with van der Waals surface area (Å²) in [5.41, 5.74) is 3.28. The van der Waals surface area contributed by atoms with Crippen molar-refractivity contribution in [2.75, 3.05) is 20.2 Å². The molecule has 4 fully saturated rings. The SMILES string of the molecule is COc1cc(C(=O)NC2CN3C(=N)N[C@@H](CN4C(=O)CCC4=O)C4NC(N)NC43[C@@H]2O)cc(C(F)(F)F)c1. The number of halogens is 3. The molecule has 1 spiro atoms. The van der Waals surface area contributed by atoms with Crippen molar-refractivity contribution in [1.82, 2.24) is 31.1 Å². The van der Waals surface area contributed by atoms with E-state index in [1.165, 1.54) is 12.0 Å². The van der Waals surface area contributed by atoms with Gasteiger partial charge in [0.1, 0.15) is 23.8 Å². The number of alkyl halides is 3. The number of benzene rings is 1. The van der Waals surface area contributed by atoms with Crippen LogP contribution >= 0.6 is 0 Å². The van der Waals surface area contributed by atoms with Crippen molar-refractivity contribution < 1.29 is 37.4 Å². The van der Waals surface area contributed by atoms with E-state index in [1.807, 2.05) is 0 Å². The van der Waals surface area contributed by atoms with Crippen molar-refractivity contribution in [3.8, 4) is 5.75 Å². The quantitative estimate of drug-likeness (QED) is 0.207. The summed E-state index contributed by atoms with van der Waals surface area (Å²) in [6, 6.07) is 0.142. The highest BCUT2D eigenvalue weighted by Gasteiger charge is 2.66. The Hall–Kier alpha value is -3.47. The van der Waals surface area contributed by atoms with Gasteiger partial charge in [0.2, 0.25) is 11.8 Å². The van der Waals surface area contributed by atoms with Gasteiger partial charge in [-0.25, -0.2) is 0 Å². The molecule has 0 bridgehead atoms. The first-order valence-electron chi connectivity index (χ1n) is 11.9. The number of aliphatic hydroxyl groups is 1. The number of hydrogen-bond acceptors (Lipinski definition) is 9. The average Bonchev–Trinajstić information content (AvgIpc) is 3.47. The minimum absolute atomic E-state index is 0.0739. The van der Waals surface area contributed by atoms with E-state index in [9.17, 15) is 32.7 Å². The highest BCUT2D eigenvalue weighted by atomic mass is 19.4.